The summed E-state index contributed by atoms with van der Waals surface area (Å²) in [4.78, 5) is 11.6. The largest absolute Gasteiger partial charge is 0.464 e. The van der Waals surface area contributed by atoms with Crippen molar-refractivity contribution < 1.29 is 9.53 Å². The van der Waals surface area contributed by atoms with Crippen molar-refractivity contribution in [1.82, 2.24) is 9.78 Å². The summed E-state index contributed by atoms with van der Waals surface area (Å²) >= 11 is 0. The predicted octanol–water partition coefficient (Wildman–Crippen LogP) is 1.29. The Morgan fingerprint density at radius 1 is 1.67 bits per heavy atom. The topological polar surface area (TPSA) is 70.1 Å². The summed E-state index contributed by atoms with van der Waals surface area (Å²) in [7, 11) is 0. The number of carbonyl (C=O) groups excluding carboxylic acids is 1. The fraction of sp³-hybridized carbons (Fsp3) is 0.600. The van der Waals surface area contributed by atoms with Crippen LogP contribution >= 0.6 is 0 Å². The summed E-state index contributed by atoms with van der Waals surface area (Å²) in [5.41, 5.74) is 6.50. The van der Waals surface area contributed by atoms with Gasteiger partial charge in [-0.25, -0.2) is 4.79 Å². The third kappa shape index (κ3) is 2.49. The molecule has 0 spiro atoms. The van der Waals surface area contributed by atoms with E-state index < -0.39 is 0 Å². The van der Waals surface area contributed by atoms with Crippen LogP contribution in [0.1, 0.15) is 31.9 Å². The van der Waals surface area contributed by atoms with Gasteiger partial charge in [-0.3, -0.25) is 4.68 Å². The average molecular weight is 211 g/mol. The number of anilines is 1. The minimum absolute atomic E-state index is 0.262. The molecule has 0 aromatic carbocycles. The molecule has 15 heavy (non-hydrogen) atoms. The molecule has 1 unspecified atom stereocenters. The van der Waals surface area contributed by atoms with Crippen LogP contribution in [-0.4, -0.2) is 22.4 Å². The van der Waals surface area contributed by atoms with Crippen LogP contribution in [0.5, 0.6) is 0 Å². The van der Waals surface area contributed by atoms with Gasteiger partial charge in [0.15, 0.2) is 0 Å². The molecule has 0 amide bonds. The van der Waals surface area contributed by atoms with Crippen molar-refractivity contribution in [1.29, 1.82) is 0 Å². The van der Waals surface area contributed by atoms with Gasteiger partial charge in [0, 0.05) is 11.8 Å². The van der Waals surface area contributed by atoms with E-state index in [1.165, 1.54) is 0 Å². The lowest BCUT2D eigenvalue weighted by atomic mass is 10.2. The lowest BCUT2D eigenvalue weighted by Gasteiger charge is -2.13. The van der Waals surface area contributed by atoms with E-state index >= 15 is 0 Å². The first-order valence-electron chi connectivity index (χ1n) is 5.08. The van der Waals surface area contributed by atoms with Crippen LogP contribution in [0.3, 0.4) is 0 Å². The van der Waals surface area contributed by atoms with Crippen LogP contribution in [0.2, 0.25) is 0 Å². The first kappa shape index (κ1) is 11.6. The third-order valence-electron chi connectivity index (χ3n) is 2.22. The SMILES string of the molecule is CCOC(=O)C(CC)n1cc(C)c(N)n1. The zero-order valence-electron chi connectivity index (χ0n) is 9.36. The molecule has 0 saturated heterocycles. The Morgan fingerprint density at radius 3 is 2.73 bits per heavy atom. The first-order chi connectivity index (χ1) is 7.10. The average Bonchev–Trinajstić information content (AvgIpc) is 2.48. The number of carbonyl (C=O) groups is 1. The molecule has 5 nitrogen and oxygen atoms in total. The van der Waals surface area contributed by atoms with E-state index in [4.69, 9.17) is 10.5 Å². The Hall–Kier alpha value is -1.52. The van der Waals surface area contributed by atoms with Crippen LogP contribution in [0.4, 0.5) is 5.82 Å². The lowest BCUT2D eigenvalue weighted by molar-refractivity contribution is -0.147. The Bertz CT molecular complexity index is 327. The number of rotatable bonds is 4. The van der Waals surface area contributed by atoms with Gasteiger partial charge in [-0.1, -0.05) is 6.92 Å². The van der Waals surface area contributed by atoms with Crippen LogP contribution in [-0.2, 0) is 9.53 Å². The maximum Gasteiger partial charge on any atom is 0.330 e. The van der Waals surface area contributed by atoms with Crippen LogP contribution in [0.25, 0.3) is 0 Å². The van der Waals surface area contributed by atoms with Gasteiger partial charge in [0.2, 0.25) is 0 Å². The van der Waals surface area contributed by atoms with Crippen molar-refractivity contribution in [2.75, 3.05) is 12.3 Å². The molecule has 0 radical (unpaired) electrons. The van der Waals surface area contributed by atoms with Gasteiger partial charge in [-0.2, -0.15) is 5.10 Å². The molecule has 84 valence electrons. The van der Waals surface area contributed by atoms with E-state index in [0.717, 1.165) is 5.56 Å². The van der Waals surface area contributed by atoms with Crippen LogP contribution in [0.15, 0.2) is 6.20 Å². The highest BCUT2D eigenvalue weighted by atomic mass is 16.5. The summed E-state index contributed by atoms with van der Waals surface area (Å²) in [5, 5.41) is 4.08. The first-order valence-corrected chi connectivity index (χ1v) is 5.08. The molecular weight excluding hydrogens is 194 g/mol. The summed E-state index contributed by atoms with van der Waals surface area (Å²) < 4.78 is 6.53. The summed E-state index contributed by atoms with van der Waals surface area (Å²) in [5.74, 6) is 0.195. The smallest absolute Gasteiger partial charge is 0.330 e. The zero-order chi connectivity index (χ0) is 11.4. The van der Waals surface area contributed by atoms with Crippen molar-refractivity contribution in [2.24, 2.45) is 0 Å². The minimum atomic E-state index is -0.374. The van der Waals surface area contributed by atoms with Gasteiger partial charge in [-0.05, 0) is 20.3 Å². The van der Waals surface area contributed by atoms with E-state index in [9.17, 15) is 4.79 Å². The second-order valence-corrected chi connectivity index (χ2v) is 3.35. The maximum absolute atomic E-state index is 11.6. The number of nitrogen functional groups attached to an aromatic ring is 1. The fourth-order valence-electron chi connectivity index (χ4n) is 1.36. The minimum Gasteiger partial charge on any atom is -0.464 e. The van der Waals surface area contributed by atoms with Gasteiger partial charge in [0.25, 0.3) is 0 Å². The molecule has 0 fully saturated rings. The van der Waals surface area contributed by atoms with Crippen molar-refractivity contribution in [2.45, 2.75) is 33.2 Å². The van der Waals surface area contributed by atoms with Gasteiger partial charge in [0.05, 0.1) is 6.61 Å². The zero-order valence-corrected chi connectivity index (χ0v) is 9.36. The highest BCUT2D eigenvalue weighted by Crippen LogP contribution is 2.16. The standard InChI is InChI=1S/C10H17N3O2/c1-4-8(10(14)15-5-2)13-6-7(3)9(11)12-13/h6,8H,4-5H2,1-3H3,(H2,11,12). The fourth-order valence-corrected chi connectivity index (χ4v) is 1.36. The van der Waals surface area contributed by atoms with E-state index in [0.29, 0.717) is 18.8 Å². The Labute approximate surface area is 89.2 Å². The van der Waals surface area contributed by atoms with E-state index in [1.54, 1.807) is 17.8 Å². The summed E-state index contributed by atoms with van der Waals surface area (Å²) in [6.07, 6.45) is 2.40. The Kier molecular flexibility index (Phi) is 3.71. The number of hydrogen-bond acceptors (Lipinski definition) is 4. The van der Waals surface area contributed by atoms with Gasteiger partial charge < -0.3 is 10.5 Å². The number of esters is 1. The molecule has 0 aliphatic heterocycles. The highest BCUT2D eigenvalue weighted by Gasteiger charge is 2.21. The number of nitrogens with zero attached hydrogens (tertiary/aromatic N) is 2. The molecule has 1 aromatic heterocycles. The molecule has 0 bridgehead atoms. The molecule has 2 N–H and O–H groups in total. The van der Waals surface area contributed by atoms with Gasteiger partial charge >= 0.3 is 5.97 Å². The number of aryl methyl sites for hydroxylation is 1. The number of aromatic nitrogens is 2. The summed E-state index contributed by atoms with van der Waals surface area (Å²) in [6, 6.07) is -0.374. The lowest BCUT2D eigenvalue weighted by Crippen LogP contribution is -2.22. The molecule has 1 rings (SSSR count). The molecular formula is C10H17N3O2. The van der Waals surface area contributed by atoms with Crippen molar-refractivity contribution >= 4 is 11.8 Å². The number of ether oxygens (including phenoxy) is 1. The van der Waals surface area contributed by atoms with Crippen LogP contribution in [0, 0.1) is 6.92 Å². The van der Waals surface area contributed by atoms with E-state index in [-0.39, 0.29) is 12.0 Å². The van der Waals surface area contributed by atoms with Gasteiger partial charge in [-0.15, -0.1) is 0 Å². The third-order valence-corrected chi connectivity index (χ3v) is 2.22. The monoisotopic (exact) mass is 211 g/mol. The number of hydrogen-bond donors (Lipinski definition) is 1. The maximum atomic E-state index is 11.6. The predicted molar refractivity (Wildman–Crippen MR) is 57.3 cm³/mol. The van der Waals surface area contributed by atoms with Crippen LogP contribution < -0.4 is 5.73 Å². The van der Waals surface area contributed by atoms with Crippen molar-refractivity contribution in [3.63, 3.8) is 0 Å². The molecule has 0 saturated carbocycles. The van der Waals surface area contributed by atoms with E-state index in [2.05, 4.69) is 5.10 Å². The number of nitrogens with two attached hydrogens (primary N) is 1. The normalized spacial score (nSPS) is 12.5. The molecule has 5 heteroatoms. The highest BCUT2D eigenvalue weighted by molar-refractivity contribution is 5.74. The van der Waals surface area contributed by atoms with Crippen molar-refractivity contribution in [3.8, 4) is 0 Å². The van der Waals surface area contributed by atoms with E-state index in [1.807, 2.05) is 13.8 Å². The van der Waals surface area contributed by atoms with Crippen molar-refractivity contribution in [3.05, 3.63) is 11.8 Å². The molecule has 0 aliphatic rings. The Balaban J connectivity index is 2.87. The molecule has 1 heterocycles. The van der Waals surface area contributed by atoms with Gasteiger partial charge in [0.1, 0.15) is 11.9 Å². The summed E-state index contributed by atoms with van der Waals surface area (Å²) in [6.45, 7) is 5.93. The molecule has 1 aromatic rings. The second kappa shape index (κ2) is 4.82. The second-order valence-electron chi connectivity index (χ2n) is 3.35. The molecule has 1 atom stereocenters. The Morgan fingerprint density at radius 2 is 2.33 bits per heavy atom. The quantitative estimate of drug-likeness (QED) is 0.762. The molecule has 0 aliphatic carbocycles.